The molecule has 3 heterocycles. The van der Waals surface area contributed by atoms with Crippen LogP contribution in [0.15, 0.2) is 12.4 Å². The van der Waals surface area contributed by atoms with E-state index in [0.717, 1.165) is 24.0 Å². The monoisotopic (exact) mass is 344 g/mol. The van der Waals surface area contributed by atoms with Gasteiger partial charge in [-0.15, -0.1) is 10.2 Å². The first-order valence-electron chi connectivity index (χ1n) is 8.38. The first-order valence-corrected chi connectivity index (χ1v) is 8.38. The van der Waals surface area contributed by atoms with Gasteiger partial charge in [-0.1, -0.05) is 13.8 Å². The van der Waals surface area contributed by atoms with Crippen molar-refractivity contribution < 1.29 is 4.79 Å². The number of likely N-dealkylation sites (N-methyl/N-ethyl adjacent to an activating group) is 1. The van der Waals surface area contributed by atoms with E-state index in [1.54, 1.807) is 4.90 Å². The van der Waals surface area contributed by atoms with Crippen LogP contribution in [0.5, 0.6) is 0 Å². The van der Waals surface area contributed by atoms with Gasteiger partial charge in [0.2, 0.25) is 5.91 Å². The minimum Gasteiger partial charge on any atom is -0.363 e. The number of aromatic nitrogens is 5. The third kappa shape index (κ3) is 3.70. The molecule has 1 saturated heterocycles. The molecule has 0 bridgehead atoms. The highest BCUT2D eigenvalue weighted by Gasteiger charge is 2.22. The van der Waals surface area contributed by atoms with Crippen molar-refractivity contribution in [1.29, 1.82) is 0 Å². The number of hydrogen-bond donors (Lipinski definition) is 1. The molecule has 2 aromatic rings. The molecule has 3 rings (SSSR count). The van der Waals surface area contributed by atoms with Crippen molar-refractivity contribution in [2.45, 2.75) is 26.3 Å². The molecule has 9 heteroatoms. The van der Waals surface area contributed by atoms with Crippen LogP contribution in [-0.4, -0.2) is 62.2 Å². The maximum Gasteiger partial charge on any atom is 0.241 e. The summed E-state index contributed by atoms with van der Waals surface area (Å²) in [6, 6.07) is 1.86. The van der Waals surface area contributed by atoms with Crippen LogP contribution in [0.2, 0.25) is 0 Å². The Kier molecular flexibility index (Phi) is 4.82. The minimum absolute atomic E-state index is 0.0969. The van der Waals surface area contributed by atoms with Gasteiger partial charge in [0.25, 0.3) is 0 Å². The lowest BCUT2D eigenvalue weighted by Crippen LogP contribution is -2.48. The van der Waals surface area contributed by atoms with Crippen molar-refractivity contribution in [3.8, 4) is 0 Å². The van der Waals surface area contributed by atoms with Gasteiger partial charge in [-0.2, -0.15) is 0 Å². The van der Waals surface area contributed by atoms with Gasteiger partial charge in [0, 0.05) is 39.2 Å². The molecule has 0 aromatic carbocycles. The van der Waals surface area contributed by atoms with Crippen molar-refractivity contribution in [2.24, 2.45) is 7.05 Å². The summed E-state index contributed by atoms with van der Waals surface area (Å²) in [5.41, 5.74) is 0. The topological polar surface area (TPSA) is 92.1 Å². The Bertz CT molecular complexity index is 756. The molecule has 0 atom stereocenters. The van der Waals surface area contributed by atoms with Gasteiger partial charge >= 0.3 is 0 Å². The maximum absolute atomic E-state index is 11.9. The summed E-state index contributed by atoms with van der Waals surface area (Å²) < 4.78 is 2.00. The van der Waals surface area contributed by atoms with Crippen molar-refractivity contribution in [2.75, 3.05) is 36.9 Å². The fourth-order valence-electron chi connectivity index (χ4n) is 2.77. The highest BCUT2D eigenvalue weighted by molar-refractivity contribution is 5.82. The van der Waals surface area contributed by atoms with Gasteiger partial charge in [0.05, 0.1) is 13.1 Å². The van der Waals surface area contributed by atoms with Gasteiger partial charge in [-0.05, 0) is 0 Å². The molecular formula is C16H24N8O. The van der Waals surface area contributed by atoms with Gasteiger partial charge in [0.15, 0.2) is 5.82 Å². The van der Waals surface area contributed by atoms with Crippen molar-refractivity contribution in [3.63, 3.8) is 0 Å². The Balaban J connectivity index is 1.67. The average molecular weight is 344 g/mol. The van der Waals surface area contributed by atoms with Crippen molar-refractivity contribution in [1.82, 2.24) is 29.6 Å². The van der Waals surface area contributed by atoms with Gasteiger partial charge in [-0.25, -0.2) is 9.97 Å². The summed E-state index contributed by atoms with van der Waals surface area (Å²) in [5.74, 6) is 3.67. The van der Waals surface area contributed by atoms with E-state index in [1.165, 1.54) is 6.33 Å². The lowest BCUT2D eigenvalue weighted by Gasteiger charge is -2.32. The lowest BCUT2D eigenvalue weighted by atomic mass is 10.2. The van der Waals surface area contributed by atoms with Crippen molar-refractivity contribution >= 4 is 17.5 Å². The van der Waals surface area contributed by atoms with E-state index in [1.807, 2.05) is 29.6 Å². The van der Waals surface area contributed by atoms with Crippen LogP contribution in [-0.2, 0) is 18.4 Å². The quantitative estimate of drug-likeness (QED) is 0.850. The Labute approximate surface area is 147 Å². The first kappa shape index (κ1) is 17.1. The summed E-state index contributed by atoms with van der Waals surface area (Å²) >= 11 is 0. The number of nitrogens with zero attached hydrogens (tertiary/aromatic N) is 7. The second-order valence-corrected chi connectivity index (χ2v) is 6.54. The van der Waals surface area contributed by atoms with Crippen LogP contribution in [0.25, 0.3) is 0 Å². The molecule has 0 radical (unpaired) electrons. The standard InChI is InChI=1S/C16H24N8O/c1-11(2)16-21-20-14(23(16)4)8-17-12-7-13(19-10-18-12)24-6-5-22(3)15(25)9-24/h7,10-11H,5-6,8-9H2,1-4H3,(H,17,18,19). The van der Waals surface area contributed by atoms with E-state index in [0.29, 0.717) is 31.4 Å². The Morgan fingerprint density at radius 3 is 2.68 bits per heavy atom. The molecule has 134 valence electrons. The van der Waals surface area contributed by atoms with E-state index in [2.05, 4.69) is 39.3 Å². The fourth-order valence-corrected chi connectivity index (χ4v) is 2.77. The second kappa shape index (κ2) is 7.04. The maximum atomic E-state index is 11.9. The van der Waals surface area contributed by atoms with Gasteiger partial charge in [0.1, 0.15) is 23.8 Å². The summed E-state index contributed by atoms with van der Waals surface area (Å²) in [5, 5.41) is 11.7. The predicted molar refractivity (Wildman–Crippen MR) is 94.3 cm³/mol. The highest BCUT2D eigenvalue weighted by Crippen LogP contribution is 2.17. The number of piperazine rings is 1. The SMILES string of the molecule is CC(C)c1nnc(CNc2cc(N3CCN(C)C(=O)C3)ncn2)n1C. The predicted octanol–water partition coefficient (Wildman–Crippen LogP) is 0.619. The minimum atomic E-state index is 0.0969. The highest BCUT2D eigenvalue weighted by atomic mass is 16.2. The zero-order valence-corrected chi connectivity index (χ0v) is 15.1. The van der Waals surface area contributed by atoms with Crippen LogP contribution in [0.1, 0.15) is 31.4 Å². The van der Waals surface area contributed by atoms with E-state index < -0.39 is 0 Å². The molecule has 0 unspecified atom stereocenters. The average Bonchev–Trinajstić information content (AvgIpc) is 2.97. The molecule has 1 amide bonds. The summed E-state index contributed by atoms with van der Waals surface area (Å²) in [6.45, 7) is 6.51. The van der Waals surface area contributed by atoms with Gasteiger partial charge < -0.3 is 19.7 Å². The molecule has 1 aliphatic heterocycles. The van der Waals surface area contributed by atoms with E-state index >= 15 is 0 Å². The molecule has 2 aromatic heterocycles. The van der Waals surface area contributed by atoms with E-state index in [9.17, 15) is 4.79 Å². The number of hydrogen-bond acceptors (Lipinski definition) is 7. The summed E-state index contributed by atoms with van der Waals surface area (Å²) in [7, 11) is 3.78. The number of amides is 1. The Morgan fingerprint density at radius 1 is 1.20 bits per heavy atom. The fraction of sp³-hybridized carbons (Fsp3) is 0.562. The van der Waals surface area contributed by atoms with Crippen LogP contribution in [0.3, 0.4) is 0 Å². The number of nitrogens with one attached hydrogen (secondary N) is 1. The second-order valence-electron chi connectivity index (χ2n) is 6.54. The van der Waals surface area contributed by atoms with E-state index in [-0.39, 0.29) is 5.91 Å². The zero-order chi connectivity index (χ0) is 18.0. The molecule has 25 heavy (non-hydrogen) atoms. The molecule has 0 saturated carbocycles. The number of rotatable bonds is 5. The van der Waals surface area contributed by atoms with Gasteiger partial charge in [-0.3, -0.25) is 4.79 Å². The Hall–Kier alpha value is -2.71. The van der Waals surface area contributed by atoms with Crippen LogP contribution < -0.4 is 10.2 Å². The molecule has 1 aliphatic rings. The largest absolute Gasteiger partial charge is 0.363 e. The molecule has 1 fully saturated rings. The smallest absolute Gasteiger partial charge is 0.241 e. The molecular weight excluding hydrogens is 320 g/mol. The molecule has 9 nitrogen and oxygen atoms in total. The van der Waals surface area contributed by atoms with Crippen LogP contribution >= 0.6 is 0 Å². The third-order valence-electron chi connectivity index (χ3n) is 4.38. The van der Waals surface area contributed by atoms with Crippen LogP contribution in [0.4, 0.5) is 11.6 Å². The number of carbonyl (C=O) groups excluding carboxylic acids is 1. The first-order chi connectivity index (χ1) is 12.0. The molecule has 1 N–H and O–H groups in total. The zero-order valence-electron chi connectivity index (χ0n) is 15.1. The number of anilines is 2. The summed E-state index contributed by atoms with van der Waals surface area (Å²) in [4.78, 5) is 24.1. The molecule has 0 spiro atoms. The lowest BCUT2D eigenvalue weighted by molar-refractivity contribution is -0.129. The third-order valence-corrected chi connectivity index (χ3v) is 4.38. The van der Waals surface area contributed by atoms with E-state index in [4.69, 9.17) is 0 Å². The Morgan fingerprint density at radius 2 is 2.00 bits per heavy atom. The molecule has 0 aliphatic carbocycles. The summed E-state index contributed by atoms with van der Waals surface area (Å²) in [6.07, 6.45) is 1.51. The number of carbonyl (C=O) groups is 1. The van der Waals surface area contributed by atoms with Crippen LogP contribution in [0, 0.1) is 0 Å². The normalized spacial score (nSPS) is 15.2. The van der Waals surface area contributed by atoms with Crippen molar-refractivity contribution in [3.05, 3.63) is 24.0 Å².